The van der Waals surface area contributed by atoms with Crippen LogP contribution in [-0.4, -0.2) is 39.9 Å². The Bertz CT molecular complexity index is 925. The van der Waals surface area contributed by atoms with Crippen molar-refractivity contribution in [1.82, 2.24) is 20.4 Å². The summed E-state index contributed by atoms with van der Waals surface area (Å²) in [4.78, 5) is 31.7. The average Bonchev–Trinajstić information content (AvgIpc) is 3.53. The van der Waals surface area contributed by atoms with Crippen LogP contribution in [0.1, 0.15) is 68.8 Å². The number of hydrogen-bond acceptors (Lipinski definition) is 5. The van der Waals surface area contributed by atoms with E-state index in [1.165, 1.54) is 0 Å². The van der Waals surface area contributed by atoms with Gasteiger partial charge in [0.15, 0.2) is 5.82 Å². The summed E-state index contributed by atoms with van der Waals surface area (Å²) in [5.74, 6) is 1.67. The largest absolute Gasteiger partial charge is 0.344 e. The van der Waals surface area contributed by atoms with Gasteiger partial charge in [-0.15, -0.1) is 0 Å². The molecular weight excluding hydrogens is 392 g/mol. The summed E-state index contributed by atoms with van der Waals surface area (Å²) < 4.78 is 5.45. The molecule has 2 aliphatic rings. The minimum absolute atomic E-state index is 0.00296. The molecule has 1 aromatic carbocycles. The van der Waals surface area contributed by atoms with Crippen LogP contribution in [0, 0.1) is 11.8 Å². The van der Waals surface area contributed by atoms with Gasteiger partial charge in [-0.2, -0.15) is 4.98 Å². The van der Waals surface area contributed by atoms with Gasteiger partial charge in [-0.3, -0.25) is 9.59 Å². The van der Waals surface area contributed by atoms with Crippen molar-refractivity contribution >= 4 is 17.9 Å². The lowest BCUT2D eigenvalue weighted by Crippen LogP contribution is -2.44. The Labute approximate surface area is 182 Å². The van der Waals surface area contributed by atoms with E-state index in [1.54, 1.807) is 6.08 Å². The van der Waals surface area contributed by atoms with E-state index in [4.69, 9.17) is 4.52 Å². The van der Waals surface area contributed by atoms with Crippen molar-refractivity contribution in [3.05, 3.63) is 53.7 Å². The molecule has 1 aliphatic heterocycles. The first-order valence-electron chi connectivity index (χ1n) is 11.2. The maximum atomic E-state index is 12.9. The van der Waals surface area contributed by atoms with Crippen LogP contribution in [-0.2, 0) is 9.59 Å². The first-order chi connectivity index (χ1) is 15.0. The van der Waals surface area contributed by atoms with E-state index >= 15 is 0 Å². The van der Waals surface area contributed by atoms with Crippen molar-refractivity contribution in [2.24, 2.45) is 11.8 Å². The molecule has 2 amide bonds. The van der Waals surface area contributed by atoms with E-state index in [0.29, 0.717) is 37.7 Å². The lowest BCUT2D eigenvalue weighted by molar-refractivity contribution is -0.132. The van der Waals surface area contributed by atoms with E-state index in [1.807, 2.05) is 55.2 Å². The number of nitrogens with zero attached hydrogens (tertiary/aromatic N) is 3. The zero-order chi connectivity index (χ0) is 21.8. The second-order valence-corrected chi connectivity index (χ2v) is 8.84. The molecular formula is C24H30N4O3. The van der Waals surface area contributed by atoms with Gasteiger partial charge in [0.25, 0.3) is 0 Å². The van der Waals surface area contributed by atoms with Gasteiger partial charge in [-0.05, 0) is 43.2 Å². The molecule has 7 nitrogen and oxygen atoms in total. The number of nitrogens with one attached hydrogen (secondary N) is 1. The molecule has 1 aliphatic carbocycles. The maximum absolute atomic E-state index is 12.9. The highest BCUT2D eigenvalue weighted by molar-refractivity contribution is 5.92. The first-order valence-corrected chi connectivity index (χ1v) is 11.2. The quantitative estimate of drug-likeness (QED) is 0.687. The van der Waals surface area contributed by atoms with Gasteiger partial charge in [-0.1, -0.05) is 49.3 Å². The second-order valence-electron chi connectivity index (χ2n) is 8.84. The van der Waals surface area contributed by atoms with Gasteiger partial charge in [0.05, 0.1) is 0 Å². The molecule has 4 rings (SSSR count). The zero-order valence-corrected chi connectivity index (χ0v) is 18.2. The molecule has 1 atom stereocenters. The van der Waals surface area contributed by atoms with Gasteiger partial charge in [0, 0.05) is 31.0 Å². The summed E-state index contributed by atoms with van der Waals surface area (Å²) in [7, 11) is 0. The number of carbonyl (C=O) groups is 2. The highest BCUT2D eigenvalue weighted by atomic mass is 16.5. The lowest BCUT2D eigenvalue weighted by Gasteiger charge is -2.31. The number of aromatic nitrogens is 2. The minimum Gasteiger partial charge on any atom is -0.344 e. The number of carbonyl (C=O) groups excluding carboxylic acids is 2. The van der Waals surface area contributed by atoms with E-state index in [0.717, 1.165) is 24.2 Å². The van der Waals surface area contributed by atoms with Crippen LogP contribution in [0.15, 0.2) is 40.9 Å². The monoisotopic (exact) mass is 422 g/mol. The molecule has 1 saturated heterocycles. The van der Waals surface area contributed by atoms with E-state index in [2.05, 4.69) is 15.5 Å². The fraction of sp³-hybridized carbons (Fsp3) is 0.500. The predicted molar refractivity (Wildman–Crippen MR) is 117 cm³/mol. The van der Waals surface area contributed by atoms with Crippen LogP contribution in [0.25, 0.3) is 6.08 Å². The molecule has 164 valence electrons. The van der Waals surface area contributed by atoms with E-state index in [-0.39, 0.29) is 29.7 Å². The number of amides is 2. The van der Waals surface area contributed by atoms with Crippen LogP contribution < -0.4 is 5.32 Å². The summed E-state index contributed by atoms with van der Waals surface area (Å²) in [5.41, 5.74) is 0.996. The maximum Gasteiger partial charge on any atom is 0.249 e. The molecule has 0 bridgehead atoms. The van der Waals surface area contributed by atoms with Crippen molar-refractivity contribution in [2.75, 3.05) is 13.1 Å². The Morgan fingerprint density at radius 2 is 1.84 bits per heavy atom. The van der Waals surface area contributed by atoms with Crippen LogP contribution in [0.5, 0.6) is 0 Å². The highest BCUT2D eigenvalue weighted by Gasteiger charge is 2.33. The van der Waals surface area contributed by atoms with Gasteiger partial charge < -0.3 is 14.7 Å². The molecule has 7 heteroatoms. The number of likely N-dealkylation sites (tertiary alicyclic amines) is 1. The van der Waals surface area contributed by atoms with Gasteiger partial charge in [0.2, 0.25) is 17.7 Å². The zero-order valence-electron chi connectivity index (χ0n) is 18.2. The van der Waals surface area contributed by atoms with Gasteiger partial charge in [-0.25, -0.2) is 0 Å². The van der Waals surface area contributed by atoms with E-state index in [9.17, 15) is 9.59 Å². The van der Waals surface area contributed by atoms with Crippen molar-refractivity contribution in [3.63, 3.8) is 0 Å². The number of benzene rings is 1. The summed E-state index contributed by atoms with van der Waals surface area (Å²) in [6.45, 7) is 5.22. The smallest absolute Gasteiger partial charge is 0.249 e. The summed E-state index contributed by atoms with van der Waals surface area (Å²) in [6.07, 6.45) is 6.95. The van der Waals surface area contributed by atoms with Gasteiger partial charge >= 0.3 is 0 Å². The Morgan fingerprint density at radius 1 is 1.13 bits per heavy atom. The molecule has 1 saturated carbocycles. The number of hydrogen-bond donors (Lipinski definition) is 1. The second kappa shape index (κ2) is 9.45. The highest BCUT2D eigenvalue weighted by Crippen LogP contribution is 2.38. The average molecular weight is 423 g/mol. The Balaban J connectivity index is 1.29. The van der Waals surface area contributed by atoms with Crippen molar-refractivity contribution in [2.45, 2.75) is 51.5 Å². The number of piperidine rings is 1. The molecule has 0 spiro atoms. The fourth-order valence-corrected chi connectivity index (χ4v) is 3.86. The van der Waals surface area contributed by atoms with Crippen molar-refractivity contribution in [3.8, 4) is 0 Å². The summed E-state index contributed by atoms with van der Waals surface area (Å²) >= 11 is 0. The molecule has 2 heterocycles. The van der Waals surface area contributed by atoms with Gasteiger partial charge in [0.1, 0.15) is 6.04 Å². The summed E-state index contributed by atoms with van der Waals surface area (Å²) in [6, 6.07) is 9.47. The molecule has 0 radical (unpaired) electrons. The Hall–Kier alpha value is -2.96. The van der Waals surface area contributed by atoms with Crippen LogP contribution >= 0.6 is 0 Å². The third-order valence-electron chi connectivity index (χ3n) is 6.03. The fourth-order valence-electron chi connectivity index (χ4n) is 3.86. The first kappa shape index (κ1) is 21.3. The summed E-state index contributed by atoms with van der Waals surface area (Å²) in [5, 5.41) is 7.20. The molecule has 31 heavy (non-hydrogen) atoms. The Morgan fingerprint density at radius 3 is 2.48 bits per heavy atom. The topological polar surface area (TPSA) is 88.3 Å². The van der Waals surface area contributed by atoms with Crippen LogP contribution in [0.4, 0.5) is 0 Å². The molecule has 2 fully saturated rings. The van der Waals surface area contributed by atoms with Crippen molar-refractivity contribution in [1.29, 1.82) is 0 Å². The van der Waals surface area contributed by atoms with E-state index < -0.39 is 0 Å². The Kier molecular flexibility index (Phi) is 6.49. The normalized spacial score (nSPS) is 18.5. The minimum atomic E-state index is -0.291. The lowest BCUT2D eigenvalue weighted by atomic mass is 9.94. The molecule has 1 unspecified atom stereocenters. The van der Waals surface area contributed by atoms with Crippen LogP contribution in [0.2, 0.25) is 0 Å². The predicted octanol–water partition coefficient (Wildman–Crippen LogP) is 3.71. The third-order valence-corrected chi connectivity index (χ3v) is 6.03. The SMILES string of the molecule is CC(C)C(NC(=O)C1CCN(C(=O)/C=C/c2ccccc2)CC1)c1nc(C2CC2)no1. The van der Waals surface area contributed by atoms with Crippen LogP contribution in [0.3, 0.4) is 0 Å². The molecule has 2 aromatic rings. The number of rotatable bonds is 7. The standard InChI is InChI=1S/C24H30N4O3/c1-16(2)21(24-26-22(27-31-24)18-9-10-18)25-23(30)19-12-14-28(15-13-19)20(29)11-8-17-6-4-3-5-7-17/h3-8,11,16,18-19,21H,9-10,12-15H2,1-2H3,(H,25,30)/b11-8+. The van der Waals surface area contributed by atoms with Crippen molar-refractivity contribution < 1.29 is 14.1 Å². The molecule has 1 N–H and O–H groups in total. The third kappa shape index (κ3) is 5.40. The molecule has 1 aromatic heterocycles.